The number of aromatic nitrogens is 3. The van der Waals surface area contributed by atoms with Crippen molar-refractivity contribution in [3.8, 4) is 5.88 Å². The first-order chi connectivity index (χ1) is 13.9. The smallest absolute Gasteiger partial charge is 0.270 e. The van der Waals surface area contributed by atoms with Crippen LogP contribution in [0.5, 0.6) is 5.88 Å². The topological polar surface area (TPSA) is 81.5 Å². The summed E-state index contributed by atoms with van der Waals surface area (Å²) in [4.78, 5) is 19.5. The van der Waals surface area contributed by atoms with E-state index in [4.69, 9.17) is 9.47 Å². The Morgan fingerprint density at radius 2 is 2.03 bits per heavy atom. The SMILES string of the molecule is COc1cc(CC2(NC(=O)c3cc(N4C[C@@H](C)O[C@@H](C)C4)ccn3)CC2)nn1C. The van der Waals surface area contributed by atoms with E-state index in [1.165, 1.54) is 0 Å². The highest BCUT2D eigenvalue weighted by molar-refractivity contribution is 5.94. The molecule has 1 saturated heterocycles. The van der Waals surface area contributed by atoms with E-state index in [0.717, 1.165) is 37.3 Å². The van der Waals surface area contributed by atoms with Gasteiger partial charge in [-0.2, -0.15) is 5.10 Å². The molecule has 8 heteroatoms. The van der Waals surface area contributed by atoms with E-state index in [9.17, 15) is 4.79 Å². The summed E-state index contributed by atoms with van der Waals surface area (Å²) in [6.07, 6.45) is 4.60. The highest BCUT2D eigenvalue weighted by Crippen LogP contribution is 2.39. The predicted octanol–water partition coefficient (Wildman–Crippen LogP) is 1.94. The summed E-state index contributed by atoms with van der Waals surface area (Å²) in [6.45, 7) is 5.75. The minimum atomic E-state index is -0.240. The third-order valence-corrected chi connectivity index (χ3v) is 5.61. The second-order valence-electron chi connectivity index (χ2n) is 8.27. The number of hydrogen-bond donors (Lipinski definition) is 1. The van der Waals surface area contributed by atoms with Crippen molar-refractivity contribution < 1.29 is 14.3 Å². The van der Waals surface area contributed by atoms with E-state index in [2.05, 4.69) is 34.1 Å². The number of nitrogens with zero attached hydrogens (tertiary/aromatic N) is 4. The lowest BCUT2D eigenvalue weighted by Crippen LogP contribution is -2.45. The average Bonchev–Trinajstić information content (AvgIpc) is 3.33. The van der Waals surface area contributed by atoms with Gasteiger partial charge in [-0.15, -0.1) is 0 Å². The number of morpholine rings is 1. The van der Waals surface area contributed by atoms with Crippen LogP contribution in [0.15, 0.2) is 24.4 Å². The molecule has 156 valence electrons. The quantitative estimate of drug-likeness (QED) is 0.800. The number of aryl methyl sites for hydroxylation is 1. The Balaban J connectivity index is 1.44. The number of carbonyl (C=O) groups is 1. The van der Waals surface area contributed by atoms with Crippen molar-refractivity contribution in [3.05, 3.63) is 35.8 Å². The van der Waals surface area contributed by atoms with Crippen molar-refractivity contribution >= 4 is 11.6 Å². The van der Waals surface area contributed by atoms with Crippen molar-refractivity contribution in [2.24, 2.45) is 7.05 Å². The van der Waals surface area contributed by atoms with Gasteiger partial charge in [0.2, 0.25) is 5.88 Å². The summed E-state index contributed by atoms with van der Waals surface area (Å²) in [5, 5.41) is 7.67. The van der Waals surface area contributed by atoms with Gasteiger partial charge in [0.25, 0.3) is 5.91 Å². The number of pyridine rings is 1. The van der Waals surface area contributed by atoms with Gasteiger partial charge in [0.05, 0.1) is 25.0 Å². The summed E-state index contributed by atoms with van der Waals surface area (Å²) in [5.41, 5.74) is 2.13. The highest BCUT2D eigenvalue weighted by Gasteiger charge is 2.45. The molecule has 2 aromatic rings. The summed E-state index contributed by atoms with van der Waals surface area (Å²) in [7, 11) is 3.48. The number of carbonyl (C=O) groups excluding carboxylic acids is 1. The van der Waals surface area contributed by atoms with Crippen LogP contribution in [0.2, 0.25) is 0 Å². The molecule has 2 fully saturated rings. The van der Waals surface area contributed by atoms with Crippen LogP contribution in [0, 0.1) is 0 Å². The van der Waals surface area contributed by atoms with Crippen molar-refractivity contribution in [3.63, 3.8) is 0 Å². The van der Waals surface area contributed by atoms with Crippen LogP contribution in [0.1, 0.15) is 42.9 Å². The van der Waals surface area contributed by atoms with E-state index < -0.39 is 0 Å². The van der Waals surface area contributed by atoms with Gasteiger partial charge in [0.1, 0.15) is 5.69 Å². The summed E-state index contributed by atoms with van der Waals surface area (Å²) in [6, 6.07) is 5.75. The Kier molecular flexibility index (Phi) is 5.21. The van der Waals surface area contributed by atoms with Crippen LogP contribution >= 0.6 is 0 Å². The second kappa shape index (κ2) is 7.67. The predicted molar refractivity (Wildman–Crippen MR) is 109 cm³/mol. The number of methoxy groups -OCH3 is 1. The molecule has 1 amide bonds. The normalized spacial score (nSPS) is 23.0. The van der Waals surface area contributed by atoms with Crippen molar-refractivity contribution in [1.82, 2.24) is 20.1 Å². The van der Waals surface area contributed by atoms with Gasteiger partial charge in [0, 0.05) is 50.0 Å². The van der Waals surface area contributed by atoms with E-state index in [-0.39, 0.29) is 23.7 Å². The summed E-state index contributed by atoms with van der Waals surface area (Å²) < 4.78 is 12.8. The molecule has 0 bridgehead atoms. The maximum absolute atomic E-state index is 12.9. The van der Waals surface area contributed by atoms with E-state index in [1.54, 1.807) is 18.0 Å². The third-order valence-electron chi connectivity index (χ3n) is 5.61. The number of nitrogens with one attached hydrogen (secondary N) is 1. The van der Waals surface area contributed by atoms with Crippen LogP contribution in [0.25, 0.3) is 0 Å². The minimum Gasteiger partial charge on any atom is -0.481 e. The summed E-state index contributed by atoms with van der Waals surface area (Å²) >= 11 is 0. The fourth-order valence-corrected chi connectivity index (χ4v) is 4.06. The molecule has 1 aliphatic carbocycles. The highest BCUT2D eigenvalue weighted by atomic mass is 16.5. The van der Waals surface area contributed by atoms with Crippen LogP contribution < -0.4 is 15.0 Å². The molecule has 2 aromatic heterocycles. The maximum Gasteiger partial charge on any atom is 0.270 e. The van der Waals surface area contributed by atoms with Gasteiger partial charge < -0.3 is 19.7 Å². The van der Waals surface area contributed by atoms with Crippen LogP contribution in [0.3, 0.4) is 0 Å². The van der Waals surface area contributed by atoms with Crippen molar-refractivity contribution in [1.29, 1.82) is 0 Å². The molecular weight excluding hydrogens is 370 g/mol. The van der Waals surface area contributed by atoms with Crippen molar-refractivity contribution in [2.75, 3.05) is 25.1 Å². The fraction of sp³-hybridized carbons (Fsp3) is 0.571. The van der Waals surface area contributed by atoms with E-state index in [1.807, 2.05) is 25.2 Å². The zero-order valence-corrected chi connectivity index (χ0v) is 17.5. The molecule has 8 nitrogen and oxygen atoms in total. The Hall–Kier alpha value is -2.61. The average molecular weight is 399 g/mol. The Morgan fingerprint density at radius 3 is 2.66 bits per heavy atom. The number of ether oxygens (including phenoxy) is 2. The number of hydrogen-bond acceptors (Lipinski definition) is 6. The lowest BCUT2D eigenvalue weighted by Gasteiger charge is -2.36. The first-order valence-electron chi connectivity index (χ1n) is 10.1. The van der Waals surface area contributed by atoms with Crippen molar-refractivity contribution in [2.45, 2.75) is 50.9 Å². The van der Waals surface area contributed by atoms with Crippen LogP contribution in [-0.4, -0.2) is 58.6 Å². The Morgan fingerprint density at radius 1 is 1.31 bits per heavy atom. The lowest BCUT2D eigenvalue weighted by molar-refractivity contribution is -0.00522. The van der Waals surface area contributed by atoms with E-state index >= 15 is 0 Å². The van der Waals surface area contributed by atoms with Gasteiger partial charge in [-0.05, 0) is 38.8 Å². The molecule has 0 spiro atoms. The molecule has 3 heterocycles. The zero-order valence-electron chi connectivity index (χ0n) is 17.5. The van der Waals surface area contributed by atoms with Gasteiger partial charge >= 0.3 is 0 Å². The van der Waals surface area contributed by atoms with Crippen LogP contribution in [-0.2, 0) is 18.2 Å². The summed E-state index contributed by atoms with van der Waals surface area (Å²) in [5.74, 6) is 0.576. The zero-order chi connectivity index (χ0) is 20.6. The number of amides is 1. The molecule has 0 radical (unpaired) electrons. The lowest BCUT2D eigenvalue weighted by atomic mass is 10.1. The molecule has 1 aliphatic heterocycles. The van der Waals surface area contributed by atoms with Gasteiger partial charge in [-0.3, -0.25) is 9.78 Å². The fourth-order valence-electron chi connectivity index (χ4n) is 4.06. The number of rotatable bonds is 6. The molecule has 29 heavy (non-hydrogen) atoms. The monoisotopic (exact) mass is 399 g/mol. The number of anilines is 1. The molecule has 0 aromatic carbocycles. The first kappa shape index (κ1) is 19.7. The largest absolute Gasteiger partial charge is 0.481 e. The molecule has 4 rings (SSSR count). The van der Waals surface area contributed by atoms with Gasteiger partial charge in [0.15, 0.2) is 0 Å². The Bertz CT molecular complexity index is 882. The third kappa shape index (κ3) is 4.37. The first-order valence-corrected chi connectivity index (χ1v) is 10.1. The van der Waals surface area contributed by atoms with Gasteiger partial charge in [-0.1, -0.05) is 0 Å². The molecule has 1 saturated carbocycles. The van der Waals surface area contributed by atoms with Crippen LogP contribution in [0.4, 0.5) is 5.69 Å². The molecular formula is C21H29N5O3. The minimum absolute atomic E-state index is 0.137. The standard InChI is InChI=1S/C21H29N5O3/c1-14-12-26(13-15(2)29-14)17-5-8-22-18(10-17)20(27)23-21(6-7-21)11-16-9-19(28-4)25(3)24-16/h5,8-10,14-15H,6-7,11-13H2,1-4H3,(H,23,27)/t14-,15+. The molecule has 2 aliphatic rings. The Labute approximate surface area is 171 Å². The molecule has 2 atom stereocenters. The van der Waals surface area contributed by atoms with E-state index in [0.29, 0.717) is 18.0 Å². The van der Waals surface area contributed by atoms with Gasteiger partial charge in [-0.25, -0.2) is 4.68 Å². The molecule has 1 N–H and O–H groups in total. The maximum atomic E-state index is 12.9. The second-order valence-corrected chi connectivity index (χ2v) is 8.27. The molecule has 0 unspecified atom stereocenters.